The molecular formula is C19H25N3O3S. The van der Waals surface area contributed by atoms with Gasteiger partial charge in [0.15, 0.2) is 0 Å². The minimum absolute atomic E-state index is 0.0495. The first-order valence-corrected chi connectivity index (χ1v) is 9.95. The topological polar surface area (TPSA) is 92.1 Å². The molecule has 0 spiro atoms. The summed E-state index contributed by atoms with van der Waals surface area (Å²) in [5.41, 5.74) is 1.06. The monoisotopic (exact) mass is 375 g/mol. The van der Waals surface area contributed by atoms with Crippen LogP contribution in [0.3, 0.4) is 0 Å². The van der Waals surface area contributed by atoms with Gasteiger partial charge in [-0.2, -0.15) is 5.26 Å². The second-order valence-electron chi connectivity index (χ2n) is 6.53. The van der Waals surface area contributed by atoms with Crippen molar-refractivity contribution in [2.45, 2.75) is 57.5 Å². The molecule has 7 heteroatoms. The Morgan fingerprint density at radius 1 is 1.42 bits per heavy atom. The number of pyridine rings is 1. The van der Waals surface area contributed by atoms with Gasteiger partial charge in [-0.05, 0) is 38.7 Å². The quantitative estimate of drug-likeness (QED) is 0.606. The summed E-state index contributed by atoms with van der Waals surface area (Å²) in [7, 11) is 0. The maximum absolute atomic E-state index is 12.3. The van der Waals surface area contributed by atoms with Gasteiger partial charge in [0, 0.05) is 6.04 Å². The van der Waals surface area contributed by atoms with Crippen LogP contribution in [0.4, 0.5) is 0 Å². The molecule has 140 valence electrons. The average Bonchev–Trinajstić information content (AvgIpc) is 2.62. The summed E-state index contributed by atoms with van der Waals surface area (Å²) in [5.74, 6) is 0.154. The zero-order valence-electron chi connectivity index (χ0n) is 15.5. The minimum Gasteiger partial charge on any atom is -0.462 e. The van der Waals surface area contributed by atoms with E-state index in [9.17, 15) is 14.9 Å². The number of ether oxygens (including phenoxy) is 1. The summed E-state index contributed by atoms with van der Waals surface area (Å²) < 4.78 is 4.98. The van der Waals surface area contributed by atoms with Crippen LogP contribution in [-0.4, -0.2) is 35.3 Å². The number of nitrogens with zero attached hydrogens (tertiary/aromatic N) is 2. The fourth-order valence-electron chi connectivity index (χ4n) is 3.10. The van der Waals surface area contributed by atoms with E-state index in [-0.39, 0.29) is 35.4 Å². The normalized spacial score (nSPS) is 19.5. The molecule has 1 fully saturated rings. The molecule has 1 N–H and O–H groups in total. The SMILES string of the molecule is CCOC(=O)c1cc(C#N)c(SCC(=O)N[C@H]2CCCC[C@H]2C)nc1C. The molecule has 6 nitrogen and oxygen atoms in total. The smallest absolute Gasteiger partial charge is 0.340 e. The standard InChI is InChI=1S/C19H25N3O3S/c1-4-25-19(24)15-9-14(10-20)18(21-13(15)3)26-11-17(23)22-16-8-6-5-7-12(16)2/h9,12,16H,4-8,11H2,1-3H3,(H,22,23)/t12-,16+/m1/s1. The first-order chi connectivity index (χ1) is 12.5. The predicted octanol–water partition coefficient (Wildman–Crippen LogP) is 3.23. The van der Waals surface area contributed by atoms with E-state index in [0.717, 1.165) is 19.3 Å². The van der Waals surface area contributed by atoms with E-state index in [4.69, 9.17) is 4.74 Å². The third-order valence-electron chi connectivity index (χ3n) is 4.59. The molecular weight excluding hydrogens is 350 g/mol. The van der Waals surface area contributed by atoms with Crippen molar-refractivity contribution in [2.75, 3.05) is 12.4 Å². The number of hydrogen-bond donors (Lipinski definition) is 1. The number of nitriles is 1. The van der Waals surface area contributed by atoms with Crippen molar-refractivity contribution >= 4 is 23.6 Å². The van der Waals surface area contributed by atoms with Crippen LogP contribution in [0, 0.1) is 24.2 Å². The van der Waals surface area contributed by atoms with E-state index in [1.807, 2.05) is 6.07 Å². The zero-order valence-corrected chi connectivity index (χ0v) is 16.3. The van der Waals surface area contributed by atoms with E-state index >= 15 is 0 Å². The van der Waals surface area contributed by atoms with Gasteiger partial charge in [0.25, 0.3) is 0 Å². The molecule has 1 saturated carbocycles. The number of esters is 1. The molecule has 0 bridgehead atoms. The van der Waals surface area contributed by atoms with Gasteiger partial charge < -0.3 is 10.1 Å². The van der Waals surface area contributed by atoms with E-state index in [1.165, 1.54) is 24.2 Å². The van der Waals surface area contributed by atoms with Crippen LogP contribution in [0.2, 0.25) is 0 Å². The van der Waals surface area contributed by atoms with E-state index < -0.39 is 5.97 Å². The number of amides is 1. The third-order valence-corrected chi connectivity index (χ3v) is 5.58. The van der Waals surface area contributed by atoms with Crippen molar-refractivity contribution < 1.29 is 14.3 Å². The van der Waals surface area contributed by atoms with Gasteiger partial charge in [0.2, 0.25) is 5.91 Å². The van der Waals surface area contributed by atoms with Gasteiger partial charge in [0.05, 0.1) is 29.2 Å². The molecule has 2 atom stereocenters. The number of thioether (sulfide) groups is 1. The van der Waals surface area contributed by atoms with Gasteiger partial charge in [-0.3, -0.25) is 4.79 Å². The van der Waals surface area contributed by atoms with Crippen molar-refractivity contribution in [2.24, 2.45) is 5.92 Å². The van der Waals surface area contributed by atoms with Crippen LogP contribution in [0.1, 0.15) is 61.1 Å². The van der Waals surface area contributed by atoms with Crippen LogP contribution < -0.4 is 5.32 Å². The molecule has 26 heavy (non-hydrogen) atoms. The molecule has 0 aromatic carbocycles. The second-order valence-corrected chi connectivity index (χ2v) is 7.49. The Labute approximate surface area is 158 Å². The van der Waals surface area contributed by atoms with Gasteiger partial charge in [-0.25, -0.2) is 9.78 Å². The van der Waals surface area contributed by atoms with Crippen LogP contribution in [-0.2, 0) is 9.53 Å². The molecule has 1 heterocycles. The molecule has 1 aliphatic rings. The van der Waals surface area contributed by atoms with Crippen LogP contribution >= 0.6 is 11.8 Å². The number of aryl methyl sites for hydroxylation is 1. The zero-order chi connectivity index (χ0) is 19.1. The van der Waals surface area contributed by atoms with Crippen LogP contribution in [0.25, 0.3) is 0 Å². The Bertz CT molecular complexity index is 715. The Morgan fingerprint density at radius 2 is 2.15 bits per heavy atom. The Kier molecular flexibility index (Phi) is 7.46. The first-order valence-electron chi connectivity index (χ1n) is 8.97. The van der Waals surface area contributed by atoms with Crippen molar-refractivity contribution in [3.05, 3.63) is 22.9 Å². The lowest BCUT2D eigenvalue weighted by atomic mass is 9.86. The van der Waals surface area contributed by atoms with E-state index in [0.29, 0.717) is 16.6 Å². The largest absolute Gasteiger partial charge is 0.462 e. The Balaban J connectivity index is 2.02. The molecule has 0 saturated heterocycles. The summed E-state index contributed by atoms with van der Waals surface area (Å²) in [6, 6.07) is 3.77. The number of carbonyl (C=O) groups excluding carboxylic acids is 2. The van der Waals surface area contributed by atoms with Crippen molar-refractivity contribution in [3.8, 4) is 6.07 Å². The summed E-state index contributed by atoms with van der Waals surface area (Å²) in [4.78, 5) is 28.5. The minimum atomic E-state index is -0.491. The lowest BCUT2D eigenvalue weighted by Crippen LogP contribution is -2.41. The molecule has 1 aliphatic carbocycles. The summed E-state index contributed by atoms with van der Waals surface area (Å²) in [6.45, 7) is 5.85. The highest BCUT2D eigenvalue weighted by Gasteiger charge is 2.23. The Hall–Kier alpha value is -2.07. The average molecular weight is 375 g/mol. The molecule has 1 amide bonds. The fourth-order valence-corrected chi connectivity index (χ4v) is 3.91. The van der Waals surface area contributed by atoms with Gasteiger partial charge >= 0.3 is 5.97 Å². The number of carbonyl (C=O) groups is 2. The second kappa shape index (κ2) is 9.58. The molecule has 1 aromatic heterocycles. The summed E-state index contributed by atoms with van der Waals surface area (Å²) in [6.07, 6.45) is 4.54. The maximum Gasteiger partial charge on any atom is 0.340 e. The molecule has 0 unspecified atom stereocenters. The van der Waals surface area contributed by atoms with Crippen LogP contribution in [0.5, 0.6) is 0 Å². The summed E-state index contributed by atoms with van der Waals surface area (Å²) in [5, 5.41) is 12.9. The van der Waals surface area contributed by atoms with E-state index in [2.05, 4.69) is 17.2 Å². The molecule has 1 aromatic rings. The number of hydrogen-bond acceptors (Lipinski definition) is 6. The highest BCUT2D eigenvalue weighted by atomic mass is 32.2. The van der Waals surface area contributed by atoms with Crippen LogP contribution in [0.15, 0.2) is 11.1 Å². The first kappa shape index (κ1) is 20.2. The lowest BCUT2D eigenvalue weighted by Gasteiger charge is -2.29. The summed E-state index contributed by atoms with van der Waals surface area (Å²) >= 11 is 1.22. The number of rotatable bonds is 6. The van der Waals surface area contributed by atoms with Crippen molar-refractivity contribution in [1.82, 2.24) is 10.3 Å². The Morgan fingerprint density at radius 3 is 2.81 bits per heavy atom. The van der Waals surface area contributed by atoms with Crippen molar-refractivity contribution in [1.29, 1.82) is 5.26 Å². The lowest BCUT2D eigenvalue weighted by molar-refractivity contribution is -0.119. The van der Waals surface area contributed by atoms with Gasteiger partial charge in [-0.1, -0.05) is 31.5 Å². The number of nitrogens with one attached hydrogen (secondary N) is 1. The maximum atomic E-state index is 12.3. The highest BCUT2D eigenvalue weighted by molar-refractivity contribution is 8.00. The number of aromatic nitrogens is 1. The highest BCUT2D eigenvalue weighted by Crippen LogP contribution is 2.25. The third kappa shape index (κ3) is 5.21. The molecule has 0 aliphatic heterocycles. The van der Waals surface area contributed by atoms with Crippen molar-refractivity contribution in [3.63, 3.8) is 0 Å². The molecule has 2 rings (SSSR count). The fraction of sp³-hybridized carbons (Fsp3) is 0.579. The van der Waals surface area contributed by atoms with E-state index in [1.54, 1.807) is 13.8 Å². The predicted molar refractivity (Wildman–Crippen MR) is 99.9 cm³/mol. The molecule has 0 radical (unpaired) electrons. The van der Waals surface area contributed by atoms with Gasteiger partial charge in [0.1, 0.15) is 11.1 Å². The van der Waals surface area contributed by atoms with Gasteiger partial charge in [-0.15, -0.1) is 0 Å².